The van der Waals surface area contributed by atoms with E-state index in [0.29, 0.717) is 11.8 Å². The molecule has 1 fully saturated rings. The van der Waals surface area contributed by atoms with E-state index in [1.165, 1.54) is 5.56 Å². The highest BCUT2D eigenvalue weighted by Crippen LogP contribution is 2.46. The Morgan fingerprint density at radius 3 is 1.74 bits per heavy atom. The molecule has 0 radical (unpaired) electrons. The first kappa shape index (κ1) is 24.7. The van der Waals surface area contributed by atoms with Gasteiger partial charge in [-0.2, -0.15) is 0 Å². The Kier molecular flexibility index (Phi) is 8.24. The summed E-state index contributed by atoms with van der Waals surface area (Å²) in [6.07, 6.45) is 7.00. The van der Waals surface area contributed by atoms with E-state index in [2.05, 4.69) is 62.4 Å². The fourth-order valence-electron chi connectivity index (χ4n) is 5.76. The second-order valence-corrected chi connectivity index (χ2v) is 10.5. The first-order valence-electron chi connectivity index (χ1n) is 13.1. The molecular formula is C32H40O2. The number of rotatable bonds is 9. The molecule has 3 aromatic carbocycles. The van der Waals surface area contributed by atoms with Gasteiger partial charge in [-0.15, -0.1) is 0 Å². The van der Waals surface area contributed by atoms with Gasteiger partial charge in [0.25, 0.3) is 0 Å². The third-order valence-corrected chi connectivity index (χ3v) is 7.94. The Morgan fingerprint density at radius 1 is 0.735 bits per heavy atom. The molecular weight excluding hydrogens is 416 g/mol. The van der Waals surface area contributed by atoms with E-state index in [1.807, 2.05) is 36.4 Å². The van der Waals surface area contributed by atoms with Crippen molar-refractivity contribution in [3.8, 4) is 0 Å². The molecule has 0 aromatic heterocycles. The van der Waals surface area contributed by atoms with E-state index in [0.717, 1.165) is 61.6 Å². The van der Waals surface area contributed by atoms with Crippen LogP contribution in [0.1, 0.15) is 93.1 Å². The Morgan fingerprint density at radius 2 is 1.24 bits per heavy atom. The number of hydrogen-bond acceptors (Lipinski definition) is 2. The summed E-state index contributed by atoms with van der Waals surface area (Å²) in [7, 11) is 0. The zero-order chi connectivity index (χ0) is 24.0. The Labute approximate surface area is 205 Å². The van der Waals surface area contributed by atoms with Crippen LogP contribution in [0.3, 0.4) is 0 Å². The second-order valence-electron chi connectivity index (χ2n) is 10.5. The van der Waals surface area contributed by atoms with Gasteiger partial charge >= 0.3 is 0 Å². The summed E-state index contributed by atoms with van der Waals surface area (Å²) < 4.78 is 0. The lowest BCUT2D eigenvalue weighted by molar-refractivity contribution is -0.00829. The molecule has 2 heteroatoms. The molecule has 2 N–H and O–H groups in total. The Bertz CT molecular complexity index is 947. The van der Waals surface area contributed by atoms with Crippen LogP contribution in [0.4, 0.5) is 0 Å². The van der Waals surface area contributed by atoms with Gasteiger partial charge in [0.15, 0.2) is 0 Å². The first-order valence-corrected chi connectivity index (χ1v) is 13.1. The summed E-state index contributed by atoms with van der Waals surface area (Å²) in [5.74, 6) is 1.42. The molecule has 2 nitrogen and oxygen atoms in total. The van der Waals surface area contributed by atoms with E-state index in [4.69, 9.17) is 0 Å². The van der Waals surface area contributed by atoms with E-state index < -0.39 is 5.60 Å². The van der Waals surface area contributed by atoms with Crippen molar-refractivity contribution >= 4 is 0 Å². The third-order valence-electron chi connectivity index (χ3n) is 7.94. The summed E-state index contributed by atoms with van der Waals surface area (Å²) in [6.45, 7) is 4.39. The van der Waals surface area contributed by atoms with Gasteiger partial charge in [-0.05, 0) is 59.3 Å². The van der Waals surface area contributed by atoms with Crippen molar-refractivity contribution in [2.24, 2.45) is 11.8 Å². The lowest BCUT2D eigenvalue weighted by Gasteiger charge is -2.41. The zero-order valence-corrected chi connectivity index (χ0v) is 20.7. The molecule has 0 heterocycles. The predicted octanol–water partition coefficient (Wildman–Crippen LogP) is 7.76. The monoisotopic (exact) mass is 456 g/mol. The number of aliphatic hydroxyl groups is 2. The minimum atomic E-state index is -0.939. The topological polar surface area (TPSA) is 40.5 Å². The molecule has 0 amide bonds. The molecule has 180 valence electrons. The highest BCUT2D eigenvalue weighted by molar-refractivity contribution is 5.37. The van der Waals surface area contributed by atoms with E-state index in [-0.39, 0.29) is 12.0 Å². The van der Waals surface area contributed by atoms with Crippen LogP contribution < -0.4 is 0 Å². The second kappa shape index (κ2) is 11.3. The average molecular weight is 457 g/mol. The van der Waals surface area contributed by atoms with Gasteiger partial charge in [0, 0.05) is 0 Å². The van der Waals surface area contributed by atoms with Crippen LogP contribution in [0.5, 0.6) is 0 Å². The molecule has 0 aliphatic heterocycles. The van der Waals surface area contributed by atoms with Gasteiger partial charge in [-0.3, -0.25) is 0 Å². The quantitative estimate of drug-likeness (QED) is 0.345. The average Bonchev–Trinajstić information content (AvgIpc) is 2.89. The molecule has 3 aromatic rings. The minimum Gasteiger partial charge on any atom is -0.388 e. The molecule has 0 saturated heterocycles. The van der Waals surface area contributed by atoms with Crippen LogP contribution in [0.2, 0.25) is 0 Å². The summed E-state index contributed by atoms with van der Waals surface area (Å²) in [5.41, 5.74) is 3.40. The number of hydrogen-bond donors (Lipinski definition) is 2. The smallest absolute Gasteiger partial charge is 0.117 e. The fraction of sp³-hybridized carbons (Fsp3) is 0.438. The highest BCUT2D eigenvalue weighted by atomic mass is 16.3. The van der Waals surface area contributed by atoms with Crippen LogP contribution in [-0.4, -0.2) is 10.2 Å². The van der Waals surface area contributed by atoms with Gasteiger partial charge in [0.1, 0.15) is 5.60 Å². The fourth-order valence-corrected chi connectivity index (χ4v) is 5.76. The van der Waals surface area contributed by atoms with E-state index in [1.54, 1.807) is 0 Å². The molecule has 0 bridgehead atoms. The van der Waals surface area contributed by atoms with Crippen molar-refractivity contribution in [2.45, 2.75) is 76.4 Å². The maximum absolute atomic E-state index is 12.1. The molecule has 0 spiro atoms. The Hall–Kier alpha value is -2.42. The van der Waals surface area contributed by atoms with Gasteiger partial charge in [-0.25, -0.2) is 0 Å². The van der Waals surface area contributed by atoms with Crippen molar-refractivity contribution in [2.75, 3.05) is 0 Å². The summed E-state index contributed by atoms with van der Waals surface area (Å²) >= 11 is 0. The molecule has 34 heavy (non-hydrogen) atoms. The lowest BCUT2D eigenvalue weighted by Crippen LogP contribution is -2.38. The molecule has 4 rings (SSSR count). The van der Waals surface area contributed by atoms with Gasteiger partial charge in [0.05, 0.1) is 6.10 Å². The lowest BCUT2D eigenvalue weighted by atomic mass is 9.67. The van der Waals surface area contributed by atoms with Crippen LogP contribution in [0, 0.1) is 11.8 Å². The number of benzene rings is 3. The summed E-state index contributed by atoms with van der Waals surface area (Å²) in [4.78, 5) is 0. The SMILES string of the molecule is CC(C)c1ccc(C(O)CCCC2CCC(C(O)(c3ccccc3)c3ccccc3)CC2)cc1. The maximum atomic E-state index is 12.1. The van der Waals surface area contributed by atoms with Crippen LogP contribution in [-0.2, 0) is 5.60 Å². The normalized spacial score (nSPS) is 19.8. The van der Waals surface area contributed by atoms with Crippen LogP contribution >= 0.6 is 0 Å². The molecule has 1 saturated carbocycles. The van der Waals surface area contributed by atoms with Crippen molar-refractivity contribution in [3.05, 3.63) is 107 Å². The van der Waals surface area contributed by atoms with Crippen molar-refractivity contribution in [1.82, 2.24) is 0 Å². The minimum absolute atomic E-state index is 0.221. The van der Waals surface area contributed by atoms with Crippen LogP contribution in [0.25, 0.3) is 0 Å². The zero-order valence-electron chi connectivity index (χ0n) is 20.7. The van der Waals surface area contributed by atoms with E-state index in [9.17, 15) is 10.2 Å². The van der Waals surface area contributed by atoms with Crippen molar-refractivity contribution in [3.63, 3.8) is 0 Å². The molecule has 1 unspecified atom stereocenters. The van der Waals surface area contributed by atoms with Gasteiger partial charge < -0.3 is 10.2 Å². The third kappa shape index (κ3) is 5.62. The largest absolute Gasteiger partial charge is 0.388 e. The van der Waals surface area contributed by atoms with E-state index >= 15 is 0 Å². The molecule has 1 atom stereocenters. The number of aliphatic hydroxyl groups excluding tert-OH is 1. The maximum Gasteiger partial charge on any atom is 0.117 e. The first-order chi connectivity index (χ1) is 16.5. The summed E-state index contributed by atoms with van der Waals surface area (Å²) in [6, 6.07) is 28.8. The standard InChI is InChI=1S/C32H40O2/c1-24(2)26-18-20-27(21-19-26)31(33)15-9-10-25-16-22-30(23-17-25)32(34,28-11-5-3-6-12-28)29-13-7-4-8-14-29/h3-8,11-14,18-21,24-25,30-31,33-34H,9-10,15-17,22-23H2,1-2H3. The van der Waals surface area contributed by atoms with Crippen molar-refractivity contribution in [1.29, 1.82) is 0 Å². The van der Waals surface area contributed by atoms with Crippen molar-refractivity contribution < 1.29 is 10.2 Å². The highest BCUT2D eigenvalue weighted by Gasteiger charge is 2.41. The van der Waals surface area contributed by atoms with Gasteiger partial charge in [0.2, 0.25) is 0 Å². The summed E-state index contributed by atoms with van der Waals surface area (Å²) in [5, 5.41) is 22.7. The van der Waals surface area contributed by atoms with Crippen LogP contribution in [0.15, 0.2) is 84.9 Å². The Balaban J connectivity index is 1.32. The predicted molar refractivity (Wildman–Crippen MR) is 141 cm³/mol. The molecule has 1 aliphatic carbocycles. The molecule has 1 aliphatic rings. The van der Waals surface area contributed by atoms with Gasteiger partial charge in [-0.1, -0.05) is 124 Å².